The number of rotatable bonds is 3. The number of halogens is 1. The van der Waals surface area contributed by atoms with Crippen LogP contribution in [-0.2, 0) is 13.0 Å². The van der Waals surface area contributed by atoms with Crippen LogP contribution in [0.1, 0.15) is 20.1 Å². The summed E-state index contributed by atoms with van der Waals surface area (Å²) in [5.41, 5.74) is 3.46. The van der Waals surface area contributed by atoms with Gasteiger partial charge < -0.3 is 10.2 Å². The molecule has 0 spiro atoms. The molecule has 0 bridgehead atoms. The monoisotopic (exact) mass is 489 g/mol. The highest BCUT2D eigenvalue weighted by Gasteiger charge is 2.27. The highest BCUT2D eigenvalue weighted by molar-refractivity contribution is 9.11. The molecular formula is C20H16BrN3OS3. The third-order valence-corrected chi connectivity index (χ3v) is 8.59. The van der Waals surface area contributed by atoms with Crippen molar-refractivity contribution < 1.29 is 4.79 Å². The topological polar surface area (TPSA) is 45.2 Å². The molecule has 1 N–H and O–H groups in total. The van der Waals surface area contributed by atoms with Gasteiger partial charge in [-0.05, 0) is 59.2 Å². The normalized spacial score (nSPS) is 14.4. The molecule has 4 heterocycles. The van der Waals surface area contributed by atoms with Gasteiger partial charge in [-0.25, -0.2) is 4.98 Å². The van der Waals surface area contributed by atoms with Crippen LogP contribution in [0.5, 0.6) is 0 Å². The van der Waals surface area contributed by atoms with Gasteiger partial charge in [0.1, 0.15) is 10.0 Å². The predicted octanol–water partition coefficient (Wildman–Crippen LogP) is 6.09. The lowest BCUT2D eigenvalue weighted by Gasteiger charge is -2.22. The fourth-order valence-corrected chi connectivity index (χ4v) is 7.14. The maximum absolute atomic E-state index is 12.8. The van der Waals surface area contributed by atoms with E-state index in [1.54, 1.807) is 22.7 Å². The van der Waals surface area contributed by atoms with Gasteiger partial charge in [0, 0.05) is 23.5 Å². The molecule has 0 aliphatic carbocycles. The van der Waals surface area contributed by atoms with Crippen LogP contribution >= 0.6 is 49.9 Å². The number of anilines is 1. The number of nitrogens with one attached hydrogen (secondary N) is 1. The van der Waals surface area contributed by atoms with Gasteiger partial charge in [-0.2, -0.15) is 0 Å². The van der Waals surface area contributed by atoms with Gasteiger partial charge in [-0.15, -0.1) is 34.0 Å². The Bertz CT molecular complexity index is 1160. The molecule has 1 amide bonds. The van der Waals surface area contributed by atoms with Crippen molar-refractivity contribution in [1.82, 2.24) is 9.88 Å². The minimum atomic E-state index is -0.0648. The van der Waals surface area contributed by atoms with Crippen molar-refractivity contribution >= 4 is 71.1 Å². The summed E-state index contributed by atoms with van der Waals surface area (Å²) in [6.45, 7) is 1.94. The summed E-state index contributed by atoms with van der Waals surface area (Å²) in [5, 5.41) is 5.07. The Kier molecular flexibility index (Phi) is 4.84. The van der Waals surface area contributed by atoms with E-state index in [1.165, 1.54) is 26.5 Å². The highest BCUT2D eigenvalue weighted by atomic mass is 79.9. The Balaban J connectivity index is 1.60. The standard InChI is InChI=1S/C20H16BrN3OS3/c1-24-9-8-11-15(10-24)28-20(23-18(25)14-6-7-16(21)26-14)17(11)19-22-12-4-2-3-5-13(12)27-19/h2-7H,8-10H2,1H3,(H,23,25). The van der Waals surface area contributed by atoms with Gasteiger partial charge in [0.2, 0.25) is 0 Å². The third kappa shape index (κ3) is 3.33. The van der Waals surface area contributed by atoms with Crippen LogP contribution in [0.15, 0.2) is 40.2 Å². The third-order valence-electron chi connectivity index (χ3n) is 4.78. The molecule has 4 aromatic rings. The number of amides is 1. The number of carbonyl (C=O) groups excluding carboxylic acids is 1. The Hall–Kier alpha value is -1.58. The highest BCUT2D eigenvalue weighted by Crippen LogP contribution is 2.45. The van der Waals surface area contributed by atoms with Crippen molar-refractivity contribution in [2.24, 2.45) is 0 Å². The molecule has 1 aromatic carbocycles. The van der Waals surface area contributed by atoms with Crippen LogP contribution in [0, 0.1) is 0 Å². The lowest BCUT2D eigenvalue weighted by molar-refractivity contribution is 0.103. The molecule has 0 radical (unpaired) electrons. The second-order valence-corrected chi connectivity index (χ2v) is 11.3. The van der Waals surface area contributed by atoms with Crippen molar-refractivity contribution in [1.29, 1.82) is 0 Å². The first kappa shape index (κ1) is 18.4. The second-order valence-electron chi connectivity index (χ2n) is 6.74. The molecule has 0 saturated heterocycles. The summed E-state index contributed by atoms with van der Waals surface area (Å²) in [6, 6.07) is 12.0. The molecule has 5 rings (SSSR count). The summed E-state index contributed by atoms with van der Waals surface area (Å²) in [5.74, 6) is -0.0648. The van der Waals surface area contributed by atoms with Gasteiger partial charge in [0.05, 0.1) is 18.9 Å². The molecule has 8 heteroatoms. The van der Waals surface area contributed by atoms with E-state index in [1.807, 2.05) is 30.3 Å². The molecule has 1 aliphatic heterocycles. The summed E-state index contributed by atoms with van der Waals surface area (Å²) in [6.07, 6.45) is 0.980. The Morgan fingerprint density at radius 2 is 2.04 bits per heavy atom. The van der Waals surface area contributed by atoms with Gasteiger partial charge in [-0.3, -0.25) is 4.79 Å². The van der Waals surface area contributed by atoms with Crippen molar-refractivity contribution in [3.05, 3.63) is 55.5 Å². The van der Waals surface area contributed by atoms with Gasteiger partial charge in [0.25, 0.3) is 5.91 Å². The first-order chi connectivity index (χ1) is 13.6. The Labute approximate surface area is 183 Å². The number of hydrogen-bond donors (Lipinski definition) is 1. The number of benzene rings is 1. The summed E-state index contributed by atoms with van der Waals surface area (Å²) in [4.78, 5) is 22.0. The van der Waals surface area contributed by atoms with E-state index >= 15 is 0 Å². The van der Waals surface area contributed by atoms with Crippen LogP contribution in [-0.4, -0.2) is 29.4 Å². The predicted molar refractivity (Wildman–Crippen MR) is 123 cm³/mol. The quantitative estimate of drug-likeness (QED) is 0.378. The number of thiazole rings is 1. The summed E-state index contributed by atoms with van der Waals surface area (Å²) in [7, 11) is 2.14. The van der Waals surface area contributed by atoms with Crippen molar-refractivity contribution in [3.63, 3.8) is 0 Å². The van der Waals surface area contributed by atoms with Gasteiger partial charge in [0.15, 0.2) is 0 Å². The van der Waals surface area contributed by atoms with Crippen molar-refractivity contribution in [2.75, 3.05) is 18.9 Å². The first-order valence-corrected chi connectivity index (χ1v) is 12.1. The van der Waals surface area contributed by atoms with Crippen LogP contribution in [0.4, 0.5) is 5.00 Å². The molecule has 142 valence electrons. The number of carbonyl (C=O) groups is 1. The lowest BCUT2D eigenvalue weighted by Crippen LogP contribution is -2.25. The fourth-order valence-electron chi connectivity index (χ4n) is 3.43. The fraction of sp³-hybridized carbons (Fsp3) is 0.200. The minimum Gasteiger partial charge on any atom is -0.312 e. The second kappa shape index (κ2) is 7.35. The Morgan fingerprint density at radius 1 is 1.18 bits per heavy atom. The molecule has 28 heavy (non-hydrogen) atoms. The zero-order chi connectivity index (χ0) is 19.3. The molecule has 0 atom stereocenters. The van der Waals surface area contributed by atoms with Crippen LogP contribution in [0.2, 0.25) is 0 Å². The largest absolute Gasteiger partial charge is 0.312 e. The summed E-state index contributed by atoms with van der Waals surface area (Å²) >= 11 is 8.26. The maximum atomic E-state index is 12.8. The van der Waals surface area contributed by atoms with Crippen LogP contribution in [0.3, 0.4) is 0 Å². The SMILES string of the molecule is CN1CCc2c(sc(NC(=O)c3ccc(Br)s3)c2-c2nc3ccccc3s2)C1. The average Bonchev–Trinajstić information content (AvgIpc) is 3.36. The molecule has 0 saturated carbocycles. The molecule has 3 aromatic heterocycles. The number of likely N-dealkylation sites (N-methyl/N-ethyl adjacent to an activating group) is 1. The van der Waals surface area contributed by atoms with Gasteiger partial charge in [-0.1, -0.05) is 12.1 Å². The number of fused-ring (bicyclic) bond motifs is 2. The van der Waals surface area contributed by atoms with Crippen LogP contribution < -0.4 is 5.32 Å². The lowest BCUT2D eigenvalue weighted by atomic mass is 10.0. The van der Waals surface area contributed by atoms with Gasteiger partial charge >= 0.3 is 0 Å². The summed E-state index contributed by atoms with van der Waals surface area (Å²) < 4.78 is 2.13. The van der Waals surface area contributed by atoms with Crippen molar-refractivity contribution in [3.8, 4) is 10.6 Å². The smallest absolute Gasteiger partial charge is 0.266 e. The van der Waals surface area contributed by atoms with E-state index in [4.69, 9.17) is 4.98 Å². The number of aromatic nitrogens is 1. The minimum absolute atomic E-state index is 0.0648. The average molecular weight is 490 g/mol. The van der Waals surface area contributed by atoms with Crippen LogP contribution in [0.25, 0.3) is 20.8 Å². The number of para-hydroxylation sites is 1. The molecule has 0 unspecified atom stereocenters. The van der Waals surface area contributed by atoms with E-state index in [9.17, 15) is 4.79 Å². The number of nitrogens with zero attached hydrogens (tertiary/aromatic N) is 2. The molecule has 1 aliphatic rings. The van der Waals surface area contributed by atoms with E-state index < -0.39 is 0 Å². The maximum Gasteiger partial charge on any atom is 0.266 e. The molecule has 4 nitrogen and oxygen atoms in total. The molecule has 0 fully saturated rings. The zero-order valence-electron chi connectivity index (χ0n) is 15.0. The zero-order valence-corrected chi connectivity index (χ0v) is 19.0. The molecular weight excluding hydrogens is 474 g/mol. The van der Waals surface area contributed by atoms with E-state index in [2.05, 4.69) is 39.3 Å². The van der Waals surface area contributed by atoms with E-state index in [0.29, 0.717) is 4.88 Å². The van der Waals surface area contributed by atoms with Crippen molar-refractivity contribution in [2.45, 2.75) is 13.0 Å². The number of thiophene rings is 2. The number of hydrogen-bond acceptors (Lipinski definition) is 6. The van der Waals surface area contributed by atoms with E-state index in [-0.39, 0.29) is 5.91 Å². The Morgan fingerprint density at radius 3 is 2.82 bits per heavy atom. The first-order valence-electron chi connectivity index (χ1n) is 8.84. The van der Waals surface area contributed by atoms with E-state index in [0.717, 1.165) is 44.4 Å².